The molecule has 52 heavy (non-hydrogen) atoms. The Balaban J connectivity index is 1.34. The van der Waals surface area contributed by atoms with E-state index < -0.39 is 0 Å². The fraction of sp³-hybridized carbons (Fsp3) is 0.0408. The van der Waals surface area contributed by atoms with Crippen molar-refractivity contribution in [3.8, 4) is 39.3 Å². The van der Waals surface area contributed by atoms with Gasteiger partial charge in [0, 0.05) is 47.6 Å². The summed E-state index contributed by atoms with van der Waals surface area (Å²) in [6.45, 7) is 0. The van der Waals surface area contributed by atoms with Crippen molar-refractivity contribution >= 4 is 70.2 Å². The molecular weight excluding hydrogens is 649 g/mol. The van der Waals surface area contributed by atoms with Crippen LogP contribution in [0.5, 0.6) is 0 Å². The van der Waals surface area contributed by atoms with Crippen LogP contribution >= 0.6 is 11.3 Å². The standard InChI is InChI=1S/C49H32N2S/c1-3-16-33(17-4-1)41-28-35(29-42(50-41)34-18-5-2-6-19-34)51-43-25-12-11-23-39(43)46-44(51)30-40(38-24-13-20-31-14-7-9-21-36(31)38)49-48(46)47-37-22-10-8-15-32(37)26-27-45(47)52-49/h1-9,11-21,23-30H,10,22H2. The topological polar surface area (TPSA) is 17.8 Å². The maximum atomic E-state index is 5.26. The molecule has 7 aromatic carbocycles. The van der Waals surface area contributed by atoms with Crippen LogP contribution in [0.15, 0.2) is 164 Å². The summed E-state index contributed by atoms with van der Waals surface area (Å²) in [6.07, 6.45) is 6.77. The molecule has 0 amide bonds. The Bertz CT molecular complexity index is 2990. The summed E-state index contributed by atoms with van der Waals surface area (Å²) in [7, 11) is 0. The Morgan fingerprint density at radius 1 is 0.538 bits per heavy atom. The second-order valence-electron chi connectivity index (χ2n) is 13.8. The van der Waals surface area contributed by atoms with Gasteiger partial charge in [0.2, 0.25) is 0 Å². The number of hydrogen-bond acceptors (Lipinski definition) is 2. The molecular formula is C49H32N2S. The zero-order valence-corrected chi connectivity index (χ0v) is 29.2. The third-order valence-electron chi connectivity index (χ3n) is 10.8. The second-order valence-corrected chi connectivity index (χ2v) is 14.8. The molecule has 1 aliphatic rings. The molecule has 3 heterocycles. The zero-order chi connectivity index (χ0) is 34.2. The van der Waals surface area contributed by atoms with Gasteiger partial charge in [-0.3, -0.25) is 0 Å². The lowest BCUT2D eigenvalue weighted by Crippen LogP contribution is -1.98. The smallest absolute Gasteiger partial charge is 0.0730 e. The fourth-order valence-electron chi connectivity index (χ4n) is 8.53. The van der Waals surface area contributed by atoms with E-state index in [0.717, 1.165) is 41.0 Å². The van der Waals surface area contributed by atoms with Gasteiger partial charge in [0.25, 0.3) is 0 Å². The van der Waals surface area contributed by atoms with E-state index in [2.05, 4.69) is 174 Å². The molecule has 244 valence electrons. The van der Waals surface area contributed by atoms with Crippen LogP contribution in [0.25, 0.3) is 98.2 Å². The van der Waals surface area contributed by atoms with Crippen molar-refractivity contribution in [3.63, 3.8) is 0 Å². The molecule has 11 rings (SSSR count). The van der Waals surface area contributed by atoms with Gasteiger partial charge in [-0.05, 0) is 70.6 Å². The van der Waals surface area contributed by atoms with Crippen LogP contribution in [0.4, 0.5) is 0 Å². The van der Waals surface area contributed by atoms with Gasteiger partial charge >= 0.3 is 0 Å². The molecule has 0 aliphatic heterocycles. The first kappa shape index (κ1) is 29.4. The minimum atomic E-state index is 0.958. The lowest BCUT2D eigenvalue weighted by atomic mass is 9.90. The quantitative estimate of drug-likeness (QED) is 0.181. The molecule has 0 fully saturated rings. The molecule has 2 nitrogen and oxygen atoms in total. The minimum Gasteiger partial charge on any atom is -0.309 e. The summed E-state index contributed by atoms with van der Waals surface area (Å²) < 4.78 is 5.21. The summed E-state index contributed by atoms with van der Waals surface area (Å²) in [5.41, 5.74) is 13.0. The maximum absolute atomic E-state index is 5.26. The Labute approximate surface area is 305 Å². The normalized spacial score (nSPS) is 12.8. The third kappa shape index (κ3) is 4.46. The number of pyridine rings is 1. The number of thiophene rings is 1. The van der Waals surface area contributed by atoms with Crippen molar-refractivity contribution in [2.45, 2.75) is 12.8 Å². The van der Waals surface area contributed by atoms with E-state index in [1.807, 2.05) is 11.3 Å². The van der Waals surface area contributed by atoms with Crippen LogP contribution in [0.2, 0.25) is 0 Å². The number of rotatable bonds is 4. The molecule has 0 unspecified atom stereocenters. The van der Waals surface area contributed by atoms with E-state index in [4.69, 9.17) is 4.98 Å². The van der Waals surface area contributed by atoms with E-state index >= 15 is 0 Å². The van der Waals surface area contributed by atoms with Crippen molar-refractivity contribution in [1.82, 2.24) is 9.55 Å². The van der Waals surface area contributed by atoms with Crippen LogP contribution < -0.4 is 0 Å². The Kier molecular flexibility index (Phi) is 6.58. The number of aryl methyl sites for hydroxylation is 1. The number of hydrogen-bond donors (Lipinski definition) is 0. The minimum absolute atomic E-state index is 0.958. The Morgan fingerprint density at radius 2 is 1.23 bits per heavy atom. The van der Waals surface area contributed by atoms with Crippen molar-refractivity contribution in [1.29, 1.82) is 0 Å². The molecule has 0 saturated heterocycles. The molecule has 3 heteroatoms. The highest BCUT2D eigenvalue weighted by Crippen LogP contribution is 2.50. The summed E-state index contributed by atoms with van der Waals surface area (Å²) in [5, 5.41) is 7.92. The molecule has 0 N–H and O–H groups in total. The number of fused-ring (bicyclic) bond motifs is 10. The van der Waals surface area contributed by atoms with E-state index in [0.29, 0.717) is 0 Å². The Morgan fingerprint density at radius 3 is 2.02 bits per heavy atom. The van der Waals surface area contributed by atoms with E-state index in [1.165, 1.54) is 75.0 Å². The number of nitrogens with zero attached hydrogens (tertiary/aromatic N) is 2. The van der Waals surface area contributed by atoms with Gasteiger partial charge in [-0.25, -0.2) is 4.98 Å². The van der Waals surface area contributed by atoms with Crippen molar-refractivity contribution in [2.24, 2.45) is 0 Å². The summed E-state index contributed by atoms with van der Waals surface area (Å²) in [6, 6.07) is 57.4. The van der Waals surface area contributed by atoms with Crippen LogP contribution in [0.3, 0.4) is 0 Å². The fourth-order valence-corrected chi connectivity index (χ4v) is 9.79. The SMILES string of the molecule is C1=Cc2ccc3sc4c(-c5cccc6ccccc56)cc5c(c6ccccc6n5-c5cc(-c6ccccc6)nc(-c6ccccc6)c5)c4c3c2CC1. The predicted octanol–water partition coefficient (Wildman–Crippen LogP) is 13.7. The predicted molar refractivity (Wildman–Crippen MR) is 223 cm³/mol. The molecule has 10 aromatic rings. The molecule has 0 atom stereocenters. The monoisotopic (exact) mass is 680 g/mol. The van der Waals surface area contributed by atoms with Gasteiger partial charge in [0.15, 0.2) is 0 Å². The van der Waals surface area contributed by atoms with Crippen LogP contribution in [0, 0.1) is 0 Å². The lowest BCUT2D eigenvalue weighted by Gasteiger charge is -2.15. The third-order valence-corrected chi connectivity index (χ3v) is 12.0. The first-order chi connectivity index (χ1) is 25.8. The average Bonchev–Trinajstić information content (AvgIpc) is 3.77. The van der Waals surface area contributed by atoms with Gasteiger partial charge in [0.05, 0.1) is 28.1 Å². The molecule has 0 spiro atoms. The molecule has 0 saturated carbocycles. The molecule has 3 aromatic heterocycles. The lowest BCUT2D eigenvalue weighted by molar-refractivity contribution is 0.999. The highest BCUT2D eigenvalue weighted by molar-refractivity contribution is 7.26. The van der Waals surface area contributed by atoms with Crippen LogP contribution in [0.1, 0.15) is 17.5 Å². The van der Waals surface area contributed by atoms with Gasteiger partial charge in [-0.2, -0.15) is 0 Å². The number of allylic oxidation sites excluding steroid dienone is 1. The molecule has 0 bridgehead atoms. The van der Waals surface area contributed by atoms with Crippen molar-refractivity contribution in [3.05, 3.63) is 175 Å². The van der Waals surface area contributed by atoms with E-state index in [9.17, 15) is 0 Å². The first-order valence-electron chi connectivity index (χ1n) is 18.0. The average molecular weight is 681 g/mol. The largest absolute Gasteiger partial charge is 0.309 e. The highest BCUT2D eigenvalue weighted by Gasteiger charge is 2.24. The molecule has 1 aliphatic carbocycles. The second kappa shape index (κ2) is 11.6. The Hall–Kier alpha value is -6.29. The van der Waals surface area contributed by atoms with Crippen LogP contribution in [-0.2, 0) is 6.42 Å². The van der Waals surface area contributed by atoms with E-state index in [-0.39, 0.29) is 0 Å². The van der Waals surface area contributed by atoms with Crippen LogP contribution in [-0.4, -0.2) is 9.55 Å². The number of para-hydroxylation sites is 1. The highest BCUT2D eigenvalue weighted by atomic mass is 32.1. The summed E-state index contributed by atoms with van der Waals surface area (Å²) in [5.74, 6) is 0. The van der Waals surface area contributed by atoms with Crippen molar-refractivity contribution in [2.75, 3.05) is 0 Å². The van der Waals surface area contributed by atoms with E-state index in [1.54, 1.807) is 0 Å². The summed E-state index contributed by atoms with van der Waals surface area (Å²) >= 11 is 1.95. The number of benzene rings is 7. The summed E-state index contributed by atoms with van der Waals surface area (Å²) in [4.78, 5) is 5.26. The van der Waals surface area contributed by atoms with Gasteiger partial charge in [0.1, 0.15) is 0 Å². The van der Waals surface area contributed by atoms with Gasteiger partial charge in [-0.1, -0.05) is 140 Å². The number of aromatic nitrogens is 2. The molecule has 0 radical (unpaired) electrons. The zero-order valence-electron chi connectivity index (χ0n) is 28.4. The van der Waals surface area contributed by atoms with Gasteiger partial charge < -0.3 is 4.57 Å². The first-order valence-corrected chi connectivity index (χ1v) is 18.8. The maximum Gasteiger partial charge on any atom is 0.0730 e. The van der Waals surface area contributed by atoms with Crippen molar-refractivity contribution < 1.29 is 0 Å². The van der Waals surface area contributed by atoms with Gasteiger partial charge in [-0.15, -0.1) is 11.3 Å².